The van der Waals surface area contributed by atoms with Gasteiger partial charge in [-0.3, -0.25) is 19.6 Å². The summed E-state index contributed by atoms with van der Waals surface area (Å²) in [5, 5.41) is 8.76. The number of carbonyl (C=O) groups is 1. The third-order valence-electron chi connectivity index (χ3n) is 6.64. The molecule has 2 amide bonds. The van der Waals surface area contributed by atoms with Crippen LogP contribution < -0.4 is 0 Å². The van der Waals surface area contributed by atoms with Gasteiger partial charge in [-0.2, -0.15) is 23.4 Å². The Balaban J connectivity index is 1.47. The van der Waals surface area contributed by atoms with E-state index in [1.165, 1.54) is 30.1 Å². The van der Waals surface area contributed by atoms with E-state index >= 15 is 0 Å². The molecule has 2 aliphatic heterocycles. The second-order valence-electron chi connectivity index (χ2n) is 9.22. The number of carbonyl (C=O) groups excluding carboxylic acids is 1. The number of aryl methyl sites for hydroxylation is 1. The number of piperazine rings is 1. The number of hydrogen-bond donors (Lipinski definition) is 0. The number of benzene rings is 1. The van der Waals surface area contributed by atoms with Crippen LogP contribution in [0, 0.1) is 18.6 Å². The predicted molar refractivity (Wildman–Crippen MR) is 136 cm³/mol. The minimum atomic E-state index is -4.84. The van der Waals surface area contributed by atoms with Crippen molar-refractivity contribution in [1.82, 2.24) is 24.6 Å². The summed E-state index contributed by atoms with van der Waals surface area (Å²) >= 11 is 0. The molecule has 0 bridgehead atoms. The quantitative estimate of drug-likeness (QED) is 0.382. The van der Waals surface area contributed by atoms with Crippen LogP contribution in [0.25, 0.3) is 0 Å². The minimum absolute atomic E-state index is 0.0630. The Labute approximate surface area is 225 Å². The van der Waals surface area contributed by atoms with E-state index in [2.05, 4.69) is 26.9 Å². The molecule has 214 valence electrons. The molecule has 1 fully saturated rings. The van der Waals surface area contributed by atoms with Crippen molar-refractivity contribution in [2.75, 3.05) is 32.8 Å². The molecule has 1 aromatic carbocycles. The van der Waals surface area contributed by atoms with Crippen LogP contribution in [0.4, 0.5) is 31.1 Å². The molecule has 0 aliphatic carbocycles. The molecule has 1 saturated heterocycles. The number of nitrogens with zero attached hydrogens (tertiary/aromatic N) is 8. The van der Waals surface area contributed by atoms with Crippen molar-refractivity contribution in [3.05, 3.63) is 64.4 Å². The third-order valence-corrected chi connectivity index (χ3v) is 6.64. The van der Waals surface area contributed by atoms with E-state index in [4.69, 9.17) is 0 Å². The summed E-state index contributed by atoms with van der Waals surface area (Å²) in [6.45, 7) is 5.36. The fourth-order valence-electron chi connectivity index (χ4n) is 4.54. The Morgan fingerprint density at radius 3 is 2.40 bits per heavy atom. The fourth-order valence-corrected chi connectivity index (χ4v) is 4.54. The van der Waals surface area contributed by atoms with Gasteiger partial charge in [0.1, 0.15) is 17.3 Å². The number of rotatable bonds is 6. The van der Waals surface area contributed by atoms with Crippen LogP contribution in [0.5, 0.6) is 0 Å². The summed E-state index contributed by atoms with van der Waals surface area (Å²) in [6, 6.07) is 1.92. The van der Waals surface area contributed by atoms with Crippen LogP contribution in [-0.4, -0.2) is 82.1 Å². The molecule has 0 radical (unpaired) electrons. The van der Waals surface area contributed by atoms with Gasteiger partial charge in [-0.05, 0) is 31.3 Å². The van der Waals surface area contributed by atoms with Gasteiger partial charge in [0.15, 0.2) is 11.5 Å². The van der Waals surface area contributed by atoms with E-state index in [1.54, 1.807) is 4.90 Å². The summed E-state index contributed by atoms with van der Waals surface area (Å²) in [7, 11) is 1.31. The van der Waals surface area contributed by atoms with Gasteiger partial charge in [-0.25, -0.2) is 23.0 Å². The number of urea groups is 1. The lowest BCUT2D eigenvalue weighted by molar-refractivity contribution is -0.141. The smallest absolute Gasteiger partial charge is 0.321 e. The van der Waals surface area contributed by atoms with Crippen molar-refractivity contribution in [3.63, 3.8) is 0 Å². The first-order chi connectivity index (χ1) is 18.9. The molecule has 3 heterocycles. The molecular formula is C25H26F6N8O. The Morgan fingerprint density at radius 1 is 1.15 bits per heavy atom. The van der Waals surface area contributed by atoms with Crippen LogP contribution in [0.1, 0.15) is 35.0 Å². The second-order valence-corrected chi connectivity index (χ2v) is 9.22. The lowest BCUT2D eigenvalue weighted by Crippen LogP contribution is -2.51. The molecule has 4 rings (SSSR count). The van der Waals surface area contributed by atoms with E-state index in [1.807, 2.05) is 0 Å². The van der Waals surface area contributed by atoms with Gasteiger partial charge in [-0.1, -0.05) is 0 Å². The lowest BCUT2D eigenvalue weighted by atomic mass is 10.0. The zero-order valence-corrected chi connectivity index (χ0v) is 21.7. The molecular weight excluding hydrogens is 542 g/mol. The summed E-state index contributed by atoms with van der Waals surface area (Å²) in [6.07, 6.45) is -2.38. The summed E-state index contributed by atoms with van der Waals surface area (Å²) in [4.78, 5) is 23.9. The van der Waals surface area contributed by atoms with Crippen molar-refractivity contribution in [3.8, 4) is 0 Å². The highest BCUT2D eigenvalue weighted by molar-refractivity contribution is 6.12. The SMILES string of the molecule is C=N/C=C(F)\C(=N/CN1CCN(C(=O)N2N=CCC2c2cc(F)cc(F)c2)CC1)c1c(C(F)(F)F)nn(C)c1C. The number of hydrazone groups is 1. The lowest BCUT2D eigenvalue weighted by Gasteiger charge is -2.36. The molecule has 2 aliphatic rings. The van der Waals surface area contributed by atoms with Gasteiger partial charge in [0.05, 0.1) is 24.5 Å². The molecule has 1 unspecified atom stereocenters. The van der Waals surface area contributed by atoms with E-state index in [0.29, 0.717) is 12.6 Å². The number of hydrogen-bond acceptors (Lipinski definition) is 6. The molecule has 0 N–H and O–H groups in total. The van der Waals surface area contributed by atoms with Gasteiger partial charge >= 0.3 is 12.2 Å². The number of alkyl halides is 3. The molecule has 15 heteroatoms. The van der Waals surface area contributed by atoms with Gasteiger partial charge < -0.3 is 4.90 Å². The maximum absolute atomic E-state index is 14.9. The van der Waals surface area contributed by atoms with Gasteiger partial charge in [0.2, 0.25) is 0 Å². The Morgan fingerprint density at radius 2 is 1.80 bits per heavy atom. The van der Waals surface area contributed by atoms with E-state index < -0.39 is 52.7 Å². The number of allylic oxidation sites excluding steroid dienone is 1. The number of aliphatic imine (C=N–C) groups is 2. The van der Waals surface area contributed by atoms with Crippen LogP contribution in [0.15, 0.2) is 45.3 Å². The second kappa shape index (κ2) is 11.6. The standard InChI is InChI=1S/C25H26F6N8O/c1-15-21(23(25(29,30)31)35-36(15)3)22(19(28)13-32-2)33-14-37-6-8-38(9-7-37)24(40)39-20(4-5-34-39)16-10-17(26)12-18(27)11-16/h5,10-13,20H,2,4,6-9,14H2,1,3H3/b19-13+,33-22+. The third kappa shape index (κ3) is 6.08. The minimum Gasteiger partial charge on any atom is -0.321 e. The van der Waals surface area contributed by atoms with Gasteiger partial charge in [-0.15, -0.1) is 0 Å². The zero-order valence-electron chi connectivity index (χ0n) is 21.7. The van der Waals surface area contributed by atoms with Crippen LogP contribution in [0.3, 0.4) is 0 Å². The van der Waals surface area contributed by atoms with Crippen molar-refractivity contribution in [2.45, 2.75) is 25.6 Å². The normalized spacial score (nSPS) is 19.1. The highest BCUT2D eigenvalue weighted by Crippen LogP contribution is 2.34. The molecule has 9 nitrogen and oxygen atoms in total. The van der Waals surface area contributed by atoms with E-state index in [9.17, 15) is 31.1 Å². The molecule has 1 atom stereocenters. The monoisotopic (exact) mass is 568 g/mol. The number of aromatic nitrogens is 2. The average molecular weight is 569 g/mol. The average Bonchev–Trinajstić information content (AvgIpc) is 3.49. The van der Waals surface area contributed by atoms with Crippen molar-refractivity contribution in [1.29, 1.82) is 0 Å². The first-order valence-electron chi connectivity index (χ1n) is 12.2. The van der Waals surface area contributed by atoms with Crippen LogP contribution in [0.2, 0.25) is 0 Å². The first-order valence-corrected chi connectivity index (χ1v) is 12.2. The predicted octanol–water partition coefficient (Wildman–Crippen LogP) is 4.45. The van der Waals surface area contributed by atoms with Crippen molar-refractivity contribution < 1.29 is 31.1 Å². The number of halogens is 6. The maximum Gasteiger partial charge on any atom is 0.435 e. The highest BCUT2D eigenvalue weighted by Gasteiger charge is 2.40. The van der Waals surface area contributed by atoms with Gasteiger partial charge in [0.25, 0.3) is 0 Å². The summed E-state index contributed by atoms with van der Waals surface area (Å²) in [5.74, 6) is -2.62. The Hall–Kier alpha value is -4.01. The topological polar surface area (TPSA) is 81.7 Å². The van der Waals surface area contributed by atoms with E-state index in [-0.39, 0.29) is 44.1 Å². The zero-order chi connectivity index (χ0) is 29.2. The Bertz CT molecular complexity index is 1350. The molecule has 0 saturated carbocycles. The maximum atomic E-state index is 14.9. The molecule has 2 aromatic rings. The summed E-state index contributed by atoms with van der Waals surface area (Å²) in [5.41, 5.74) is -1.98. The van der Waals surface area contributed by atoms with Crippen LogP contribution >= 0.6 is 0 Å². The van der Waals surface area contributed by atoms with Crippen molar-refractivity contribution >= 4 is 24.7 Å². The largest absolute Gasteiger partial charge is 0.435 e. The van der Waals surface area contributed by atoms with Gasteiger partial charge in [0, 0.05) is 57.6 Å². The molecule has 0 spiro atoms. The van der Waals surface area contributed by atoms with Crippen molar-refractivity contribution in [2.24, 2.45) is 22.1 Å². The summed E-state index contributed by atoms with van der Waals surface area (Å²) < 4.78 is 84.3. The Kier molecular flexibility index (Phi) is 8.42. The van der Waals surface area contributed by atoms with E-state index in [0.717, 1.165) is 22.9 Å². The highest BCUT2D eigenvalue weighted by atomic mass is 19.4. The first kappa shape index (κ1) is 29.0. The molecule has 1 aromatic heterocycles. The number of amides is 2. The molecule has 40 heavy (non-hydrogen) atoms. The fraction of sp³-hybridized carbons (Fsp3) is 0.400. The van der Waals surface area contributed by atoms with Crippen LogP contribution in [-0.2, 0) is 13.2 Å².